The van der Waals surface area contributed by atoms with Crippen molar-refractivity contribution in [2.45, 2.75) is 13.0 Å². The Morgan fingerprint density at radius 1 is 0.955 bits per heavy atom. The van der Waals surface area contributed by atoms with Crippen LogP contribution in [0.1, 0.15) is 11.1 Å². The first-order valence-electron chi connectivity index (χ1n) is 7.41. The van der Waals surface area contributed by atoms with Crippen LogP contribution in [0.3, 0.4) is 0 Å². The van der Waals surface area contributed by atoms with Crippen LogP contribution in [0.4, 0.5) is 0 Å². The number of hydrogen-bond donors (Lipinski definition) is 1. The Labute approximate surface area is 134 Å². The zero-order chi connectivity index (χ0) is 14.9. The molecular formula is C17H17ClNO3+. The largest absolute Gasteiger partial charge is 0.454 e. The fraction of sp³-hybridized carbons (Fsp3) is 0.294. The van der Waals surface area contributed by atoms with Crippen LogP contribution in [0.2, 0.25) is 5.02 Å². The van der Waals surface area contributed by atoms with E-state index in [0.717, 1.165) is 41.8 Å². The normalized spacial score (nSPS) is 18.7. The second-order valence-electron chi connectivity index (χ2n) is 5.66. The van der Waals surface area contributed by atoms with Gasteiger partial charge in [-0.25, -0.2) is 0 Å². The molecule has 2 aromatic carbocycles. The highest BCUT2D eigenvalue weighted by Gasteiger charge is 2.25. The van der Waals surface area contributed by atoms with E-state index in [2.05, 4.69) is 12.1 Å². The van der Waals surface area contributed by atoms with Gasteiger partial charge in [-0.2, -0.15) is 0 Å². The Kier molecular flexibility index (Phi) is 3.56. The van der Waals surface area contributed by atoms with Gasteiger partial charge >= 0.3 is 0 Å². The lowest BCUT2D eigenvalue weighted by molar-refractivity contribution is -0.932. The number of hydrogen-bond acceptors (Lipinski definition) is 3. The van der Waals surface area contributed by atoms with E-state index < -0.39 is 0 Å². The van der Waals surface area contributed by atoms with E-state index in [0.29, 0.717) is 13.5 Å². The molecule has 2 aromatic rings. The Hall–Kier alpha value is -1.91. The van der Waals surface area contributed by atoms with Crippen molar-refractivity contribution in [2.24, 2.45) is 0 Å². The van der Waals surface area contributed by atoms with Gasteiger partial charge in [0.15, 0.2) is 11.5 Å². The van der Waals surface area contributed by atoms with Gasteiger partial charge in [-0.1, -0.05) is 23.7 Å². The van der Waals surface area contributed by atoms with Crippen LogP contribution >= 0.6 is 11.6 Å². The quantitative estimate of drug-likeness (QED) is 0.940. The predicted octanol–water partition coefficient (Wildman–Crippen LogP) is 2.05. The number of nitrogens with one attached hydrogen (secondary N) is 1. The molecule has 0 aliphatic carbocycles. The van der Waals surface area contributed by atoms with Crippen LogP contribution in [0.25, 0.3) is 0 Å². The Bertz CT molecular complexity index is 687. The van der Waals surface area contributed by atoms with Gasteiger partial charge in [0.2, 0.25) is 13.5 Å². The molecule has 0 fully saturated rings. The standard InChI is InChI=1S/C17H16ClNO3/c18-14-3-1-12(2-4-14)5-6-19-9-13-7-16-17(22-11-21-16)8-15(13)20-10-19/h1-4,7-8H,5-6,9-11H2/p+1. The SMILES string of the molecule is Clc1ccc(CC[NH+]2COc3cc4c(cc3C2)OCO4)cc1. The number of benzene rings is 2. The van der Waals surface area contributed by atoms with E-state index >= 15 is 0 Å². The van der Waals surface area contributed by atoms with Gasteiger partial charge in [-0.3, -0.25) is 4.90 Å². The average Bonchev–Trinajstić information content (AvgIpc) is 2.99. The Balaban J connectivity index is 1.42. The first kappa shape index (κ1) is 13.7. The Morgan fingerprint density at radius 3 is 2.55 bits per heavy atom. The monoisotopic (exact) mass is 318 g/mol. The van der Waals surface area contributed by atoms with Gasteiger partial charge in [-0.15, -0.1) is 0 Å². The maximum Gasteiger partial charge on any atom is 0.231 e. The molecule has 0 radical (unpaired) electrons. The lowest BCUT2D eigenvalue weighted by Gasteiger charge is -2.26. The summed E-state index contributed by atoms with van der Waals surface area (Å²) in [5.74, 6) is 2.52. The van der Waals surface area contributed by atoms with Crippen molar-refractivity contribution in [3.05, 3.63) is 52.5 Å². The van der Waals surface area contributed by atoms with E-state index in [1.165, 1.54) is 16.0 Å². The van der Waals surface area contributed by atoms with Gasteiger partial charge in [0, 0.05) is 17.5 Å². The van der Waals surface area contributed by atoms with Gasteiger partial charge in [0.05, 0.1) is 12.1 Å². The molecule has 4 nitrogen and oxygen atoms in total. The van der Waals surface area contributed by atoms with Crippen molar-refractivity contribution in [3.8, 4) is 17.2 Å². The average molecular weight is 319 g/mol. The van der Waals surface area contributed by atoms with Crippen LogP contribution in [0.15, 0.2) is 36.4 Å². The second kappa shape index (κ2) is 5.71. The molecule has 0 spiro atoms. The lowest BCUT2D eigenvalue weighted by atomic mass is 10.1. The van der Waals surface area contributed by atoms with Gasteiger partial charge < -0.3 is 14.2 Å². The maximum absolute atomic E-state index is 5.92. The predicted molar refractivity (Wildman–Crippen MR) is 82.7 cm³/mol. The van der Waals surface area contributed by atoms with Crippen LogP contribution in [0, 0.1) is 0 Å². The number of rotatable bonds is 3. The summed E-state index contributed by atoms with van der Waals surface area (Å²) in [6.07, 6.45) is 1.01. The van der Waals surface area contributed by atoms with Gasteiger partial charge in [0.1, 0.15) is 12.3 Å². The van der Waals surface area contributed by atoms with E-state index in [-0.39, 0.29) is 0 Å². The fourth-order valence-corrected chi connectivity index (χ4v) is 3.00. The summed E-state index contributed by atoms with van der Waals surface area (Å²) in [5, 5.41) is 0.780. The van der Waals surface area contributed by atoms with E-state index in [4.69, 9.17) is 25.8 Å². The number of quaternary nitrogens is 1. The van der Waals surface area contributed by atoms with E-state index in [9.17, 15) is 0 Å². The molecule has 5 heteroatoms. The molecule has 1 N–H and O–H groups in total. The second-order valence-corrected chi connectivity index (χ2v) is 6.09. The zero-order valence-corrected chi connectivity index (χ0v) is 12.9. The third kappa shape index (κ3) is 2.72. The summed E-state index contributed by atoms with van der Waals surface area (Å²) in [6.45, 7) is 2.95. The first-order valence-corrected chi connectivity index (χ1v) is 7.79. The minimum Gasteiger partial charge on any atom is -0.454 e. The third-order valence-corrected chi connectivity index (χ3v) is 4.36. The Morgan fingerprint density at radius 2 is 1.73 bits per heavy atom. The summed E-state index contributed by atoms with van der Waals surface area (Å²) in [7, 11) is 0. The highest BCUT2D eigenvalue weighted by atomic mass is 35.5. The molecule has 2 aliphatic heterocycles. The molecule has 0 saturated heterocycles. The molecule has 4 rings (SSSR count). The van der Waals surface area contributed by atoms with Crippen molar-refractivity contribution in [1.29, 1.82) is 0 Å². The minimum absolute atomic E-state index is 0.297. The number of fused-ring (bicyclic) bond motifs is 2. The van der Waals surface area contributed by atoms with Crippen LogP contribution in [0.5, 0.6) is 17.2 Å². The van der Waals surface area contributed by atoms with Crippen LogP contribution in [-0.4, -0.2) is 20.1 Å². The molecule has 0 saturated carbocycles. The number of ether oxygens (including phenoxy) is 3. The van der Waals surface area contributed by atoms with Gasteiger partial charge in [0.25, 0.3) is 0 Å². The van der Waals surface area contributed by atoms with E-state index in [1.54, 1.807) is 0 Å². The summed E-state index contributed by atoms with van der Waals surface area (Å²) in [4.78, 5) is 1.40. The smallest absolute Gasteiger partial charge is 0.231 e. The molecule has 1 unspecified atom stereocenters. The zero-order valence-electron chi connectivity index (χ0n) is 12.1. The fourth-order valence-electron chi connectivity index (χ4n) is 2.87. The van der Waals surface area contributed by atoms with Crippen LogP contribution < -0.4 is 19.1 Å². The van der Waals surface area contributed by atoms with Crippen molar-refractivity contribution >= 4 is 11.6 Å². The topological polar surface area (TPSA) is 32.1 Å². The molecule has 1 atom stereocenters. The summed E-state index contributed by atoms with van der Waals surface area (Å²) in [6, 6.07) is 12.0. The van der Waals surface area contributed by atoms with Crippen molar-refractivity contribution in [1.82, 2.24) is 0 Å². The summed E-state index contributed by atoms with van der Waals surface area (Å²) < 4.78 is 16.7. The third-order valence-electron chi connectivity index (χ3n) is 4.11. The molecule has 2 aliphatic rings. The van der Waals surface area contributed by atoms with E-state index in [1.807, 2.05) is 24.3 Å². The minimum atomic E-state index is 0.297. The highest BCUT2D eigenvalue weighted by molar-refractivity contribution is 6.30. The van der Waals surface area contributed by atoms with Crippen molar-refractivity contribution in [3.63, 3.8) is 0 Å². The molecule has 2 heterocycles. The molecular weight excluding hydrogens is 302 g/mol. The molecule has 22 heavy (non-hydrogen) atoms. The van der Waals surface area contributed by atoms with Crippen LogP contribution in [-0.2, 0) is 13.0 Å². The highest BCUT2D eigenvalue weighted by Crippen LogP contribution is 2.38. The lowest BCUT2D eigenvalue weighted by Crippen LogP contribution is -3.12. The number of halogens is 1. The summed E-state index contributed by atoms with van der Waals surface area (Å²) >= 11 is 5.92. The van der Waals surface area contributed by atoms with Crippen molar-refractivity contribution in [2.75, 3.05) is 20.1 Å². The molecule has 0 aromatic heterocycles. The molecule has 0 bridgehead atoms. The van der Waals surface area contributed by atoms with Crippen molar-refractivity contribution < 1.29 is 19.1 Å². The molecule has 0 amide bonds. The first-order chi connectivity index (χ1) is 10.8. The maximum atomic E-state index is 5.92. The molecule has 114 valence electrons. The van der Waals surface area contributed by atoms with Gasteiger partial charge in [-0.05, 0) is 23.8 Å². The summed E-state index contributed by atoms with van der Waals surface area (Å²) in [5.41, 5.74) is 2.48.